The van der Waals surface area contributed by atoms with Gasteiger partial charge in [-0.15, -0.1) is 0 Å². The van der Waals surface area contributed by atoms with Gasteiger partial charge in [-0.3, -0.25) is 24.0 Å². The fraction of sp³-hybridized carbons (Fsp3) is 0.750. The van der Waals surface area contributed by atoms with Crippen molar-refractivity contribution in [1.82, 2.24) is 20.9 Å². The number of nitrogens with one attached hydrogen (secondary N) is 3. The Balaban J connectivity index is 2.28. The number of carbonyl (C=O) groups is 5. The number of amides is 5. The molecule has 10 nitrogen and oxygen atoms in total. The minimum Gasteiger partial charge on any atom is -0.368 e. The van der Waals surface area contributed by atoms with Crippen molar-refractivity contribution in [3.05, 3.63) is 0 Å². The number of halogens is 6. The van der Waals surface area contributed by atoms with E-state index in [0.717, 1.165) is 0 Å². The summed E-state index contributed by atoms with van der Waals surface area (Å²) >= 11 is 0. The van der Waals surface area contributed by atoms with Gasteiger partial charge >= 0.3 is 18.3 Å². The van der Waals surface area contributed by atoms with Gasteiger partial charge in [-0.2, -0.15) is 26.3 Å². The predicted octanol–water partition coefficient (Wildman–Crippen LogP) is -0.0348. The van der Waals surface area contributed by atoms with E-state index in [1.54, 1.807) is 0 Å². The zero-order chi connectivity index (χ0) is 27.6. The molecule has 0 aliphatic carbocycles. The average Bonchev–Trinajstić information content (AvgIpc) is 3.36. The maximum atomic E-state index is 13.5. The highest BCUT2D eigenvalue weighted by Crippen LogP contribution is 2.37. The summed E-state index contributed by atoms with van der Waals surface area (Å²) in [6.45, 7) is 1.81. The van der Waals surface area contributed by atoms with Crippen LogP contribution in [0, 0.1) is 17.8 Å². The fourth-order valence-electron chi connectivity index (χ4n) is 4.15. The van der Waals surface area contributed by atoms with E-state index >= 15 is 0 Å². The highest BCUT2D eigenvalue weighted by molar-refractivity contribution is 5.95. The van der Waals surface area contributed by atoms with Gasteiger partial charge in [-0.05, 0) is 25.2 Å². The molecule has 2 rings (SSSR count). The molecule has 2 heterocycles. The van der Waals surface area contributed by atoms with E-state index in [1.165, 1.54) is 19.2 Å². The van der Waals surface area contributed by atoms with Crippen molar-refractivity contribution in [2.24, 2.45) is 23.5 Å². The lowest BCUT2D eigenvalue weighted by Crippen LogP contribution is -2.58. The Morgan fingerprint density at radius 2 is 1.72 bits per heavy atom. The van der Waals surface area contributed by atoms with Gasteiger partial charge in [0.05, 0.1) is 5.92 Å². The van der Waals surface area contributed by atoms with Gasteiger partial charge in [-0.1, -0.05) is 13.8 Å². The van der Waals surface area contributed by atoms with Gasteiger partial charge in [0.25, 0.3) is 0 Å². The first-order chi connectivity index (χ1) is 16.4. The van der Waals surface area contributed by atoms with E-state index < -0.39 is 90.7 Å². The Hall–Kier alpha value is -3.07. The molecule has 5 amide bonds. The molecule has 2 unspecified atom stereocenters. The van der Waals surface area contributed by atoms with Crippen molar-refractivity contribution in [2.75, 3.05) is 13.1 Å². The number of hydrogen-bond donors (Lipinski definition) is 4. The van der Waals surface area contributed by atoms with Crippen LogP contribution in [0.5, 0.6) is 0 Å². The third-order valence-electron chi connectivity index (χ3n) is 6.17. The first-order valence-electron chi connectivity index (χ1n) is 11.1. The monoisotopic (exact) mass is 531 g/mol. The molecule has 5 N–H and O–H groups in total. The Kier molecular flexibility index (Phi) is 8.83. The van der Waals surface area contributed by atoms with E-state index in [1.807, 2.05) is 0 Å². The third kappa shape index (κ3) is 7.00. The molecule has 2 saturated heterocycles. The first kappa shape index (κ1) is 29.2. The Morgan fingerprint density at radius 3 is 2.17 bits per heavy atom. The second-order valence-electron chi connectivity index (χ2n) is 9.15. The second kappa shape index (κ2) is 10.9. The smallest absolute Gasteiger partial charge is 0.368 e. The maximum Gasteiger partial charge on any atom is 0.471 e. The molecule has 2 aliphatic heterocycles. The lowest BCUT2D eigenvalue weighted by Gasteiger charge is -2.31. The summed E-state index contributed by atoms with van der Waals surface area (Å²) in [6.07, 6.45) is -11.0. The van der Waals surface area contributed by atoms with Crippen LogP contribution in [0.15, 0.2) is 0 Å². The minimum absolute atomic E-state index is 0.230. The SMILES string of the molecule is CC(C)C(NC(=O)C(F)(F)F)C(=O)N1C[C@H](C(F)(F)F)C[C@H]1C(=O)NC(C[C@@H]1CCNC1=O)C(N)=O. The highest BCUT2D eigenvalue weighted by atomic mass is 19.4. The van der Waals surface area contributed by atoms with Gasteiger partial charge in [0.15, 0.2) is 0 Å². The number of primary amides is 1. The summed E-state index contributed by atoms with van der Waals surface area (Å²) in [5, 5.41) is 6.17. The van der Waals surface area contributed by atoms with E-state index in [4.69, 9.17) is 5.73 Å². The van der Waals surface area contributed by atoms with Crippen LogP contribution in [-0.2, 0) is 24.0 Å². The standard InChI is InChI=1S/C20H27F6N5O5/c1-8(2)13(30-18(36)20(24,25)26)17(35)31-7-10(19(21,22)23)6-12(31)16(34)29-11(14(27)32)5-9-3-4-28-15(9)33/h8-13H,3-7H2,1-2H3,(H2,27,32)(H,28,33)(H,29,34)(H,30,36)/t9-,10+,11?,12-,13?/m0/s1. The molecule has 2 aliphatic rings. The molecule has 0 aromatic heterocycles. The zero-order valence-electron chi connectivity index (χ0n) is 19.3. The number of carbonyl (C=O) groups excluding carboxylic acids is 5. The second-order valence-corrected chi connectivity index (χ2v) is 9.15. The molecule has 0 saturated carbocycles. The van der Waals surface area contributed by atoms with Crippen LogP contribution in [0.3, 0.4) is 0 Å². The van der Waals surface area contributed by atoms with Crippen molar-refractivity contribution in [1.29, 1.82) is 0 Å². The van der Waals surface area contributed by atoms with Crippen LogP contribution in [0.2, 0.25) is 0 Å². The fourth-order valence-corrected chi connectivity index (χ4v) is 4.15. The Morgan fingerprint density at radius 1 is 1.11 bits per heavy atom. The molecule has 5 atom stereocenters. The zero-order valence-corrected chi connectivity index (χ0v) is 19.3. The third-order valence-corrected chi connectivity index (χ3v) is 6.17. The average molecular weight is 531 g/mol. The van der Waals surface area contributed by atoms with Crippen LogP contribution >= 0.6 is 0 Å². The van der Waals surface area contributed by atoms with E-state index in [0.29, 0.717) is 17.9 Å². The summed E-state index contributed by atoms with van der Waals surface area (Å²) < 4.78 is 78.6. The normalized spacial score (nSPS) is 24.3. The molecule has 0 aromatic carbocycles. The molecule has 0 aromatic rings. The van der Waals surface area contributed by atoms with E-state index in [-0.39, 0.29) is 6.42 Å². The number of likely N-dealkylation sites (tertiary alicyclic amines) is 1. The lowest BCUT2D eigenvalue weighted by atomic mass is 9.97. The van der Waals surface area contributed by atoms with Crippen LogP contribution in [0.1, 0.15) is 33.1 Å². The Bertz CT molecular complexity index is 893. The molecule has 2 fully saturated rings. The number of alkyl halides is 6. The molecular weight excluding hydrogens is 504 g/mol. The van der Waals surface area contributed by atoms with Gasteiger partial charge in [0.2, 0.25) is 23.6 Å². The van der Waals surface area contributed by atoms with Crippen LogP contribution in [0.25, 0.3) is 0 Å². The summed E-state index contributed by atoms with van der Waals surface area (Å²) in [5.74, 6) is -10.3. The topological polar surface area (TPSA) is 151 Å². The number of nitrogens with zero attached hydrogens (tertiary/aromatic N) is 1. The van der Waals surface area contributed by atoms with Gasteiger partial charge in [0, 0.05) is 19.0 Å². The van der Waals surface area contributed by atoms with Gasteiger partial charge in [0.1, 0.15) is 18.1 Å². The molecule has 0 radical (unpaired) electrons. The maximum absolute atomic E-state index is 13.5. The summed E-state index contributed by atoms with van der Waals surface area (Å²) in [4.78, 5) is 61.5. The van der Waals surface area contributed by atoms with Crippen molar-refractivity contribution in [3.63, 3.8) is 0 Å². The van der Waals surface area contributed by atoms with Crippen LogP contribution < -0.4 is 21.7 Å². The minimum atomic E-state index is -5.36. The van der Waals surface area contributed by atoms with Crippen LogP contribution in [-0.4, -0.2) is 78.0 Å². The summed E-state index contributed by atoms with van der Waals surface area (Å²) in [5.41, 5.74) is 5.28. The molecule has 204 valence electrons. The quantitative estimate of drug-likeness (QED) is 0.324. The Labute approximate surface area is 201 Å². The van der Waals surface area contributed by atoms with Gasteiger partial charge in [-0.25, -0.2) is 0 Å². The van der Waals surface area contributed by atoms with Crippen molar-refractivity contribution in [3.8, 4) is 0 Å². The van der Waals surface area contributed by atoms with E-state index in [9.17, 15) is 50.3 Å². The summed E-state index contributed by atoms with van der Waals surface area (Å²) in [6, 6.07) is -5.14. The molecule has 0 spiro atoms. The van der Waals surface area contributed by atoms with E-state index in [2.05, 4.69) is 10.6 Å². The number of hydrogen-bond acceptors (Lipinski definition) is 5. The lowest BCUT2D eigenvalue weighted by molar-refractivity contribution is -0.176. The molecule has 16 heteroatoms. The van der Waals surface area contributed by atoms with Crippen molar-refractivity contribution < 1.29 is 50.3 Å². The first-order valence-corrected chi connectivity index (χ1v) is 11.1. The summed E-state index contributed by atoms with van der Waals surface area (Å²) in [7, 11) is 0. The highest BCUT2D eigenvalue weighted by Gasteiger charge is 2.53. The number of rotatable bonds is 8. The number of nitrogens with two attached hydrogens (primary N) is 1. The molecule has 0 bridgehead atoms. The van der Waals surface area contributed by atoms with Crippen molar-refractivity contribution in [2.45, 2.75) is 63.6 Å². The molecule has 36 heavy (non-hydrogen) atoms. The largest absolute Gasteiger partial charge is 0.471 e. The van der Waals surface area contributed by atoms with Crippen LogP contribution in [0.4, 0.5) is 26.3 Å². The molecular formula is C20H27F6N5O5. The van der Waals surface area contributed by atoms with Gasteiger partial charge < -0.3 is 26.6 Å². The van der Waals surface area contributed by atoms with Crippen molar-refractivity contribution >= 4 is 29.5 Å². The predicted molar refractivity (Wildman–Crippen MR) is 109 cm³/mol.